The number of carbonyl (C=O) groups excluding carboxylic acids is 1. The maximum Gasteiger partial charge on any atom is 0.282 e. The molecule has 0 bridgehead atoms. The Morgan fingerprint density at radius 2 is 2.36 bits per heavy atom. The lowest BCUT2D eigenvalue weighted by molar-refractivity contribution is -0.115. The number of hydrogen-bond donors (Lipinski definition) is 3. The van der Waals surface area contributed by atoms with Gasteiger partial charge < -0.3 is 5.84 Å². The van der Waals surface area contributed by atoms with Crippen molar-refractivity contribution in [3.05, 3.63) is 0 Å². The minimum absolute atomic E-state index is 0.0741. The van der Waals surface area contributed by atoms with Gasteiger partial charge in [-0.25, -0.2) is 5.84 Å². The van der Waals surface area contributed by atoms with Crippen LogP contribution in [0.25, 0.3) is 0 Å². The SMILES string of the molecule is CC(C#N)/C(=N\N)C(=O)NN. The summed E-state index contributed by atoms with van der Waals surface area (Å²) in [5.74, 6) is 8.35. The van der Waals surface area contributed by atoms with Crippen LogP contribution in [0.5, 0.6) is 0 Å². The Morgan fingerprint density at radius 1 is 1.82 bits per heavy atom. The van der Waals surface area contributed by atoms with Gasteiger partial charge in [0.2, 0.25) is 0 Å². The summed E-state index contributed by atoms with van der Waals surface area (Å²) < 4.78 is 0. The molecule has 0 aromatic rings. The molecule has 1 atom stereocenters. The number of nitrogens with two attached hydrogens (primary N) is 2. The van der Waals surface area contributed by atoms with Gasteiger partial charge in [-0.15, -0.1) is 0 Å². The molecular weight excluding hydrogens is 146 g/mol. The Morgan fingerprint density at radius 3 is 2.64 bits per heavy atom. The van der Waals surface area contributed by atoms with Crippen molar-refractivity contribution in [3.8, 4) is 6.07 Å². The van der Waals surface area contributed by atoms with Gasteiger partial charge in [0.05, 0.1) is 12.0 Å². The second-order valence-corrected chi connectivity index (χ2v) is 1.84. The van der Waals surface area contributed by atoms with Crippen LogP contribution in [0.2, 0.25) is 0 Å². The quantitative estimate of drug-likeness (QED) is 0.193. The van der Waals surface area contributed by atoms with Gasteiger partial charge in [-0.1, -0.05) is 0 Å². The summed E-state index contributed by atoms with van der Waals surface area (Å²) in [5, 5.41) is 11.5. The summed E-state index contributed by atoms with van der Waals surface area (Å²) >= 11 is 0. The zero-order valence-corrected chi connectivity index (χ0v) is 6.03. The smallest absolute Gasteiger partial charge is 0.282 e. The third-order valence-electron chi connectivity index (χ3n) is 1.11. The maximum absolute atomic E-state index is 10.7. The standard InChI is InChI=1S/C5H9N5O/c1-3(2-6)4(9-7)5(11)10-8/h3H,7-8H2,1H3,(H,10,11)/b9-4+. The molecule has 0 rings (SSSR count). The first-order chi connectivity index (χ1) is 5.17. The van der Waals surface area contributed by atoms with Crippen molar-refractivity contribution >= 4 is 11.6 Å². The molecule has 1 unspecified atom stereocenters. The Kier molecular flexibility index (Phi) is 3.62. The van der Waals surface area contributed by atoms with Crippen molar-refractivity contribution in [2.75, 3.05) is 0 Å². The highest BCUT2D eigenvalue weighted by atomic mass is 16.2. The number of amides is 1. The van der Waals surface area contributed by atoms with E-state index in [1.807, 2.05) is 5.43 Å². The van der Waals surface area contributed by atoms with Crippen LogP contribution >= 0.6 is 0 Å². The Hall–Kier alpha value is -1.61. The van der Waals surface area contributed by atoms with Crippen LogP contribution in [0.15, 0.2) is 5.10 Å². The molecule has 5 N–H and O–H groups in total. The molecule has 0 spiro atoms. The number of hydrazine groups is 1. The van der Waals surface area contributed by atoms with Gasteiger partial charge in [0.15, 0.2) is 0 Å². The first kappa shape index (κ1) is 9.39. The molecule has 0 aliphatic heterocycles. The number of hydrazone groups is 1. The van der Waals surface area contributed by atoms with Gasteiger partial charge in [0.25, 0.3) is 5.91 Å². The van der Waals surface area contributed by atoms with Crippen molar-refractivity contribution < 1.29 is 4.79 Å². The summed E-state index contributed by atoms with van der Waals surface area (Å²) in [5.41, 5.74) is 1.76. The van der Waals surface area contributed by atoms with Crippen molar-refractivity contribution in [3.63, 3.8) is 0 Å². The normalized spacial score (nSPS) is 13.4. The summed E-state index contributed by atoms with van der Waals surface area (Å²) in [7, 11) is 0. The van der Waals surface area contributed by atoms with Gasteiger partial charge in [-0.2, -0.15) is 10.4 Å². The first-order valence-electron chi connectivity index (χ1n) is 2.85. The Labute approximate surface area is 63.8 Å². The van der Waals surface area contributed by atoms with Crippen molar-refractivity contribution in [2.24, 2.45) is 22.7 Å². The molecule has 11 heavy (non-hydrogen) atoms. The van der Waals surface area contributed by atoms with E-state index in [4.69, 9.17) is 16.9 Å². The molecule has 0 fully saturated rings. The van der Waals surface area contributed by atoms with Crippen LogP contribution in [0, 0.1) is 17.2 Å². The summed E-state index contributed by atoms with van der Waals surface area (Å²) in [6.07, 6.45) is 0. The van der Waals surface area contributed by atoms with Crippen LogP contribution in [0.4, 0.5) is 0 Å². The van der Waals surface area contributed by atoms with Gasteiger partial charge >= 0.3 is 0 Å². The number of rotatable bonds is 2. The third-order valence-corrected chi connectivity index (χ3v) is 1.11. The lowest BCUT2D eigenvalue weighted by Gasteiger charge is -2.02. The molecule has 0 radical (unpaired) electrons. The molecule has 0 heterocycles. The lowest BCUT2D eigenvalue weighted by atomic mass is 10.1. The van der Waals surface area contributed by atoms with E-state index >= 15 is 0 Å². The highest BCUT2D eigenvalue weighted by Crippen LogP contribution is 1.95. The van der Waals surface area contributed by atoms with E-state index in [1.165, 1.54) is 6.92 Å². The van der Waals surface area contributed by atoms with E-state index in [-0.39, 0.29) is 5.71 Å². The number of nitrogens with one attached hydrogen (secondary N) is 1. The molecule has 60 valence electrons. The molecular formula is C5H9N5O. The van der Waals surface area contributed by atoms with Gasteiger partial charge in [0.1, 0.15) is 5.71 Å². The van der Waals surface area contributed by atoms with E-state index < -0.39 is 11.8 Å². The average molecular weight is 155 g/mol. The molecule has 0 aliphatic carbocycles. The number of carbonyl (C=O) groups is 1. The molecule has 0 saturated carbocycles. The number of nitriles is 1. The fourth-order valence-corrected chi connectivity index (χ4v) is 0.502. The molecule has 6 heteroatoms. The fraction of sp³-hybridized carbons (Fsp3) is 0.400. The third kappa shape index (κ3) is 2.23. The fourth-order valence-electron chi connectivity index (χ4n) is 0.502. The van der Waals surface area contributed by atoms with Crippen molar-refractivity contribution in [2.45, 2.75) is 6.92 Å². The molecule has 1 amide bonds. The highest BCUT2D eigenvalue weighted by Gasteiger charge is 2.16. The van der Waals surface area contributed by atoms with Gasteiger partial charge in [0, 0.05) is 0 Å². The van der Waals surface area contributed by atoms with Crippen molar-refractivity contribution in [1.29, 1.82) is 5.26 Å². The van der Waals surface area contributed by atoms with E-state index in [1.54, 1.807) is 6.07 Å². The number of hydrogen-bond acceptors (Lipinski definition) is 5. The van der Waals surface area contributed by atoms with E-state index in [0.717, 1.165) is 0 Å². The van der Waals surface area contributed by atoms with Crippen LogP contribution in [0.3, 0.4) is 0 Å². The summed E-state index contributed by atoms with van der Waals surface area (Å²) in [6.45, 7) is 1.50. The zero-order chi connectivity index (χ0) is 8.85. The van der Waals surface area contributed by atoms with Crippen LogP contribution in [-0.4, -0.2) is 11.6 Å². The molecule has 0 saturated heterocycles. The monoisotopic (exact) mass is 155 g/mol. The van der Waals surface area contributed by atoms with Crippen LogP contribution in [0.1, 0.15) is 6.92 Å². The molecule has 0 aromatic carbocycles. The van der Waals surface area contributed by atoms with Gasteiger partial charge in [-0.3, -0.25) is 10.2 Å². The maximum atomic E-state index is 10.7. The van der Waals surface area contributed by atoms with Gasteiger partial charge in [-0.05, 0) is 6.92 Å². The topological polar surface area (TPSA) is 117 Å². The minimum Gasteiger partial charge on any atom is -0.323 e. The number of nitrogens with zero attached hydrogens (tertiary/aromatic N) is 2. The molecule has 0 aliphatic rings. The minimum atomic E-state index is -0.649. The molecule has 0 aromatic heterocycles. The van der Waals surface area contributed by atoms with E-state index in [9.17, 15) is 4.79 Å². The first-order valence-corrected chi connectivity index (χ1v) is 2.85. The largest absolute Gasteiger partial charge is 0.323 e. The van der Waals surface area contributed by atoms with E-state index in [0.29, 0.717) is 0 Å². The second-order valence-electron chi connectivity index (χ2n) is 1.84. The molecule has 6 nitrogen and oxygen atoms in total. The summed E-state index contributed by atoms with van der Waals surface area (Å²) in [6, 6.07) is 1.80. The van der Waals surface area contributed by atoms with Crippen LogP contribution in [-0.2, 0) is 4.79 Å². The summed E-state index contributed by atoms with van der Waals surface area (Å²) in [4.78, 5) is 10.7. The Bertz CT molecular complexity index is 215. The Balaban J connectivity index is 4.46. The van der Waals surface area contributed by atoms with E-state index in [2.05, 4.69) is 5.10 Å². The highest BCUT2D eigenvalue weighted by molar-refractivity contribution is 6.39. The lowest BCUT2D eigenvalue weighted by Crippen LogP contribution is -2.39. The van der Waals surface area contributed by atoms with Crippen molar-refractivity contribution in [1.82, 2.24) is 5.43 Å². The second kappa shape index (κ2) is 4.24. The average Bonchev–Trinajstić information content (AvgIpc) is 2.05. The zero-order valence-electron chi connectivity index (χ0n) is 6.03. The predicted octanol–water partition coefficient (Wildman–Crippen LogP) is -1.55. The predicted molar refractivity (Wildman–Crippen MR) is 38.7 cm³/mol. The van der Waals surface area contributed by atoms with Crippen LogP contribution < -0.4 is 17.1 Å².